The van der Waals surface area contributed by atoms with Gasteiger partial charge in [-0.15, -0.1) is 0 Å². The minimum atomic E-state index is -6.12. The molecule has 0 aliphatic rings. The molecule has 0 aromatic rings. The topological polar surface area (TPSA) is 63.6 Å². The first-order valence-electron chi connectivity index (χ1n) is 4.28. The average Bonchev–Trinajstić information content (AvgIpc) is 2.10. The predicted molar refractivity (Wildman–Crippen MR) is 47.2 cm³/mol. The fraction of sp³-hybridized carbons (Fsp3) is 1.00. The third-order valence-electron chi connectivity index (χ3n) is 1.84. The molecule has 98 valence electrons. The SMILES string of the molecule is COCCCCC(F)(F)C(F)(F)S(=O)(=O)O. The van der Waals surface area contributed by atoms with Crippen LogP contribution in [-0.4, -0.2) is 37.9 Å². The van der Waals surface area contributed by atoms with E-state index in [1.165, 1.54) is 7.11 Å². The number of hydrogen-bond donors (Lipinski definition) is 1. The number of ether oxygens (including phenoxy) is 1. The van der Waals surface area contributed by atoms with E-state index in [0.29, 0.717) is 0 Å². The van der Waals surface area contributed by atoms with Crippen LogP contribution in [0.4, 0.5) is 17.6 Å². The van der Waals surface area contributed by atoms with Gasteiger partial charge >= 0.3 is 21.3 Å². The Balaban J connectivity index is 4.54. The van der Waals surface area contributed by atoms with Gasteiger partial charge in [0.25, 0.3) is 0 Å². The predicted octanol–water partition coefficient (Wildman–Crippen LogP) is 1.92. The molecule has 0 aromatic heterocycles. The lowest BCUT2D eigenvalue weighted by molar-refractivity contribution is -0.165. The number of hydrogen-bond acceptors (Lipinski definition) is 3. The zero-order chi connectivity index (χ0) is 13.0. The minimum absolute atomic E-state index is 0.0909. The molecule has 0 rings (SSSR count). The number of rotatable bonds is 7. The summed E-state index contributed by atoms with van der Waals surface area (Å²) in [4.78, 5) is 0. The standard InChI is InChI=1S/C7H12F4O4S/c1-15-5-3-2-4-6(8,9)7(10,11)16(12,13)14/h2-5H2,1H3,(H,12,13,14). The van der Waals surface area contributed by atoms with E-state index in [-0.39, 0.29) is 19.4 Å². The second-order valence-electron chi connectivity index (χ2n) is 3.15. The molecule has 0 aromatic carbocycles. The Hall–Kier alpha value is -0.410. The van der Waals surface area contributed by atoms with Crippen LogP contribution < -0.4 is 0 Å². The summed E-state index contributed by atoms with van der Waals surface area (Å²) in [5.74, 6) is -4.80. The molecule has 0 aliphatic carbocycles. The van der Waals surface area contributed by atoms with E-state index in [4.69, 9.17) is 4.55 Å². The first-order valence-corrected chi connectivity index (χ1v) is 5.72. The fourth-order valence-electron chi connectivity index (χ4n) is 0.928. The van der Waals surface area contributed by atoms with Gasteiger partial charge in [-0.3, -0.25) is 4.55 Å². The second kappa shape index (κ2) is 5.28. The van der Waals surface area contributed by atoms with Crippen LogP contribution in [0.3, 0.4) is 0 Å². The molecule has 0 saturated heterocycles. The van der Waals surface area contributed by atoms with Gasteiger partial charge in [0.1, 0.15) is 0 Å². The molecule has 16 heavy (non-hydrogen) atoms. The lowest BCUT2D eigenvalue weighted by Crippen LogP contribution is -2.46. The Morgan fingerprint density at radius 1 is 1.19 bits per heavy atom. The van der Waals surface area contributed by atoms with Crippen molar-refractivity contribution >= 4 is 10.1 Å². The van der Waals surface area contributed by atoms with Gasteiger partial charge in [0.15, 0.2) is 0 Å². The highest BCUT2D eigenvalue weighted by atomic mass is 32.2. The zero-order valence-electron chi connectivity index (χ0n) is 8.42. The Morgan fingerprint density at radius 2 is 1.69 bits per heavy atom. The second-order valence-corrected chi connectivity index (χ2v) is 4.61. The summed E-state index contributed by atoms with van der Waals surface area (Å²) in [6.45, 7) is 0.105. The Kier molecular flexibility index (Phi) is 5.15. The molecule has 4 nitrogen and oxygen atoms in total. The number of alkyl halides is 4. The van der Waals surface area contributed by atoms with Gasteiger partial charge in [-0.25, -0.2) is 0 Å². The lowest BCUT2D eigenvalue weighted by atomic mass is 10.1. The highest BCUT2D eigenvalue weighted by Crippen LogP contribution is 2.41. The summed E-state index contributed by atoms with van der Waals surface area (Å²) in [6, 6.07) is 0. The molecular weight excluding hydrogens is 256 g/mol. The molecule has 0 heterocycles. The van der Waals surface area contributed by atoms with Crippen molar-refractivity contribution in [3.8, 4) is 0 Å². The molecule has 0 unspecified atom stereocenters. The summed E-state index contributed by atoms with van der Waals surface area (Å²) in [6.07, 6.45) is -1.59. The first-order chi connectivity index (χ1) is 7.06. The van der Waals surface area contributed by atoms with Crippen molar-refractivity contribution in [2.45, 2.75) is 30.4 Å². The number of methoxy groups -OCH3 is 1. The van der Waals surface area contributed by atoms with Crippen molar-refractivity contribution < 1.29 is 35.3 Å². The molecule has 0 spiro atoms. The number of unbranched alkanes of at least 4 members (excludes halogenated alkanes) is 1. The highest BCUT2D eigenvalue weighted by molar-refractivity contribution is 7.87. The molecule has 0 aliphatic heterocycles. The maximum Gasteiger partial charge on any atom is 0.431 e. The smallest absolute Gasteiger partial charge is 0.385 e. The van der Waals surface area contributed by atoms with Gasteiger partial charge in [0.2, 0.25) is 0 Å². The summed E-state index contributed by atoms with van der Waals surface area (Å²) >= 11 is 0. The van der Waals surface area contributed by atoms with E-state index in [1.807, 2.05) is 0 Å². The van der Waals surface area contributed by atoms with E-state index in [1.54, 1.807) is 0 Å². The van der Waals surface area contributed by atoms with Crippen LogP contribution >= 0.6 is 0 Å². The highest BCUT2D eigenvalue weighted by Gasteiger charge is 2.64. The first kappa shape index (κ1) is 15.6. The summed E-state index contributed by atoms with van der Waals surface area (Å²) in [5, 5.41) is -5.47. The van der Waals surface area contributed by atoms with E-state index < -0.39 is 27.7 Å². The van der Waals surface area contributed by atoms with Crippen molar-refractivity contribution in [2.75, 3.05) is 13.7 Å². The van der Waals surface area contributed by atoms with Crippen molar-refractivity contribution in [2.24, 2.45) is 0 Å². The van der Waals surface area contributed by atoms with Crippen LogP contribution in [0.5, 0.6) is 0 Å². The van der Waals surface area contributed by atoms with Crippen LogP contribution in [0.1, 0.15) is 19.3 Å². The third-order valence-corrected chi connectivity index (χ3v) is 2.79. The van der Waals surface area contributed by atoms with Crippen LogP contribution in [0.25, 0.3) is 0 Å². The third kappa shape index (κ3) is 3.56. The van der Waals surface area contributed by atoms with Gasteiger partial charge < -0.3 is 4.74 Å². The molecule has 0 fully saturated rings. The minimum Gasteiger partial charge on any atom is -0.385 e. The van der Waals surface area contributed by atoms with Crippen molar-refractivity contribution in [1.29, 1.82) is 0 Å². The number of halogens is 4. The summed E-state index contributed by atoms with van der Waals surface area (Å²) in [7, 11) is -4.81. The Morgan fingerprint density at radius 3 is 2.06 bits per heavy atom. The monoisotopic (exact) mass is 268 g/mol. The molecule has 0 atom stereocenters. The quantitative estimate of drug-likeness (QED) is 0.435. The van der Waals surface area contributed by atoms with Gasteiger partial charge in [-0.05, 0) is 12.8 Å². The molecule has 1 N–H and O–H groups in total. The van der Waals surface area contributed by atoms with E-state index in [9.17, 15) is 26.0 Å². The van der Waals surface area contributed by atoms with Crippen LogP contribution in [0, 0.1) is 0 Å². The molecular formula is C7H12F4O4S. The van der Waals surface area contributed by atoms with Crippen LogP contribution in [0.15, 0.2) is 0 Å². The van der Waals surface area contributed by atoms with Gasteiger partial charge in [-0.2, -0.15) is 26.0 Å². The molecule has 9 heteroatoms. The average molecular weight is 268 g/mol. The maximum absolute atomic E-state index is 12.8. The van der Waals surface area contributed by atoms with Gasteiger partial charge in [0.05, 0.1) is 0 Å². The maximum atomic E-state index is 12.8. The molecule has 0 bridgehead atoms. The van der Waals surface area contributed by atoms with Crippen molar-refractivity contribution in [3.63, 3.8) is 0 Å². The van der Waals surface area contributed by atoms with Crippen LogP contribution in [0.2, 0.25) is 0 Å². The van der Waals surface area contributed by atoms with E-state index in [0.717, 1.165) is 0 Å². The van der Waals surface area contributed by atoms with Crippen molar-refractivity contribution in [3.05, 3.63) is 0 Å². The summed E-state index contributed by atoms with van der Waals surface area (Å²) < 4.78 is 83.5. The molecule has 0 amide bonds. The largest absolute Gasteiger partial charge is 0.431 e. The summed E-state index contributed by atoms with van der Waals surface area (Å²) in [5.41, 5.74) is 0. The fourth-order valence-corrected chi connectivity index (χ4v) is 1.41. The van der Waals surface area contributed by atoms with E-state index in [2.05, 4.69) is 4.74 Å². The lowest BCUT2D eigenvalue weighted by Gasteiger charge is -2.23. The molecule has 0 saturated carbocycles. The van der Waals surface area contributed by atoms with Crippen molar-refractivity contribution in [1.82, 2.24) is 0 Å². The van der Waals surface area contributed by atoms with Gasteiger partial charge in [-0.1, -0.05) is 0 Å². The van der Waals surface area contributed by atoms with Crippen LogP contribution in [-0.2, 0) is 14.9 Å². The Bertz CT molecular complexity index is 314. The van der Waals surface area contributed by atoms with E-state index >= 15 is 0 Å². The van der Waals surface area contributed by atoms with Gasteiger partial charge in [0, 0.05) is 20.1 Å². The molecule has 0 radical (unpaired) electrons. The zero-order valence-corrected chi connectivity index (χ0v) is 9.24. The normalized spacial score (nSPS) is 14.1. The Labute approximate surface area is 90.3 Å².